The summed E-state index contributed by atoms with van der Waals surface area (Å²) in [6.07, 6.45) is 2.07. The first-order chi connectivity index (χ1) is 12.3. The van der Waals surface area contributed by atoms with Crippen molar-refractivity contribution >= 4 is 5.91 Å². The Kier molecular flexibility index (Phi) is 5.14. The molecular formula is C20H27N3O3. The van der Waals surface area contributed by atoms with Crippen LogP contribution in [-0.2, 0) is 21.5 Å². The highest BCUT2D eigenvalue weighted by atomic mass is 16.6. The first-order valence-electron chi connectivity index (χ1n) is 9.06. The van der Waals surface area contributed by atoms with E-state index in [1.165, 1.54) is 11.1 Å². The van der Waals surface area contributed by atoms with E-state index in [0.717, 1.165) is 12.8 Å². The maximum absolute atomic E-state index is 12.8. The maximum Gasteiger partial charge on any atom is 0.221 e. The lowest BCUT2D eigenvalue weighted by molar-refractivity contribution is -0.126. The number of hydrogen-bond acceptors (Lipinski definition) is 5. The van der Waals surface area contributed by atoms with Gasteiger partial charge in [-0.05, 0) is 51.7 Å². The molecule has 140 valence electrons. The number of carbonyl (C=O) groups excluding carboxylic acids is 1. The van der Waals surface area contributed by atoms with Crippen LogP contribution in [0.2, 0.25) is 0 Å². The summed E-state index contributed by atoms with van der Waals surface area (Å²) in [4.78, 5) is 12.8. The second kappa shape index (κ2) is 7.19. The maximum atomic E-state index is 12.8. The largest absolute Gasteiger partial charge is 0.376 e. The molecule has 0 bridgehead atoms. The van der Waals surface area contributed by atoms with Crippen molar-refractivity contribution in [1.29, 1.82) is 0 Å². The van der Waals surface area contributed by atoms with E-state index in [9.17, 15) is 4.79 Å². The van der Waals surface area contributed by atoms with Crippen LogP contribution >= 0.6 is 0 Å². The SMILES string of the molecule is Cc1ccccc1[C@@]1(CC(=O)NCc2nonc2C)CCOC(C)(C)C1. The number of amides is 1. The average molecular weight is 357 g/mol. The van der Waals surface area contributed by atoms with E-state index in [1.54, 1.807) is 0 Å². The molecule has 1 fully saturated rings. The van der Waals surface area contributed by atoms with Crippen molar-refractivity contribution in [1.82, 2.24) is 15.6 Å². The molecule has 0 spiro atoms. The molecule has 1 saturated heterocycles. The van der Waals surface area contributed by atoms with Crippen LogP contribution in [0.15, 0.2) is 28.9 Å². The molecular weight excluding hydrogens is 330 g/mol. The van der Waals surface area contributed by atoms with E-state index in [2.05, 4.69) is 54.6 Å². The van der Waals surface area contributed by atoms with E-state index in [-0.39, 0.29) is 16.9 Å². The summed E-state index contributed by atoms with van der Waals surface area (Å²) in [5, 5.41) is 10.5. The number of rotatable bonds is 5. The summed E-state index contributed by atoms with van der Waals surface area (Å²) in [6.45, 7) is 9.11. The first-order valence-corrected chi connectivity index (χ1v) is 9.06. The summed E-state index contributed by atoms with van der Waals surface area (Å²) in [6, 6.07) is 8.35. The van der Waals surface area contributed by atoms with Gasteiger partial charge in [-0.2, -0.15) is 0 Å². The van der Waals surface area contributed by atoms with Crippen LogP contribution < -0.4 is 5.32 Å². The number of aromatic nitrogens is 2. The molecule has 0 saturated carbocycles. The van der Waals surface area contributed by atoms with E-state index < -0.39 is 0 Å². The van der Waals surface area contributed by atoms with Crippen LogP contribution in [0.4, 0.5) is 0 Å². The minimum atomic E-state index is -0.257. The monoisotopic (exact) mass is 357 g/mol. The Hall–Kier alpha value is -2.21. The zero-order valence-electron chi connectivity index (χ0n) is 16.0. The first kappa shape index (κ1) is 18.6. The molecule has 1 atom stereocenters. The lowest BCUT2D eigenvalue weighted by Gasteiger charge is -2.45. The quantitative estimate of drug-likeness (QED) is 0.889. The molecule has 6 heteroatoms. The molecule has 2 heterocycles. The molecule has 26 heavy (non-hydrogen) atoms. The molecule has 0 radical (unpaired) electrons. The topological polar surface area (TPSA) is 77.3 Å². The minimum absolute atomic E-state index is 0.00773. The van der Waals surface area contributed by atoms with Crippen molar-refractivity contribution in [2.24, 2.45) is 0 Å². The van der Waals surface area contributed by atoms with Crippen LogP contribution in [0, 0.1) is 13.8 Å². The summed E-state index contributed by atoms with van der Waals surface area (Å²) in [7, 11) is 0. The van der Waals surface area contributed by atoms with Gasteiger partial charge in [0.2, 0.25) is 5.91 Å². The molecule has 0 unspecified atom stereocenters. The van der Waals surface area contributed by atoms with Gasteiger partial charge >= 0.3 is 0 Å². The predicted molar refractivity (Wildman–Crippen MR) is 97.6 cm³/mol. The third kappa shape index (κ3) is 3.96. The molecule has 1 aliphatic rings. The van der Waals surface area contributed by atoms with Crippen LogP contribution in [0.5, 0.6) is 0 Å². The van der Waals surface area contributed by atoms with Crippen molar-refractivity contribution in [2.45, 2.75) is 64.5 Å². The predicted octanol–water partition coefficient (Wildman–Crippen LogP) is 3.22. The number of carbonyl (C=O) groups is 1. The minimum Gasteiger partial charge on any atom is -0.376 e. The van der Waals surface area contributed by atoms with Gasteiger partial charge in [0.25, 0.3) is 0 Å². The smallest absolute Gasteiger partial charge is 0.221 e. The number of nitrogens with one attached hydrogen (secondary N) is 1. The Bertz CT molecular complexity index is 784. The van der Waals surface area contributed by atoms with Crippen LogP contribution in [0.1, 0.15) is 55.6 Å². The second-order valence-corrected chi connectivity index (χ2v) is 7.88. The summed E-state index contributed by atoms with van der Waals surface area (Å²) < 4.78 is 10.6. The zero-order valence-corrected chi connectivity index (χ0v) is 16.0. The number of hydrogen-bond donors (Lipinski definition) is 1. The number of nitrogens with zero attached hydrogens (tertiary/aromatic N) is 2. The molecule has 6 nitrogen and oxygen atoms in total. The van der Waals surface area contributed by atoms with E-state index in [0.29, 0.717) is 31.0 Å². The highest BCUT2D eigenvalue weighted by Crippen LogP contribution is 2.45. The number of benzene rings is 1. The fourth-order valence-corrected chi connectivity index (χ4v) is 4.08. The van der Waals surface area contributed by atoms with Gasteiger partial charge in [0.05, 0.1) is 12.1 Å². The fourth-order valence-electron chi connectivity index (χ4n) is 4.08. The fraction of sp³-hybridized carbons (Fsp3) is 0.550. The van der Waals surface area contributed by atoms with Gasteiger partial charge < -0.3 is 10.1 Å². The van der Waals surface area contributed by atoms with Gasteiger partial charge in [-0.25, -0.2) is 4.63 Å². The molecule has 1 aliphatic heterocycles. The van der Waals surface area contributed by atoms with Crippen LogP contribution in [0.25, 0.3) is 0 Å². The highest BCUT2D eigenvalue weighted by molar-refractivity contribution is 5.77. The van der Waals surface area contributed by atoms with Gasteiger partial charge in [0, 0.05) is 18.4 Å². The Morgan fingerprint density at radius 2 is 2.00 bits per heavy atom. The van der Waals surface area contributed by atoms with Crippen LogP contribution in [0.3, 0.4) is 0 Å². The molecule has 1 N–H and O–H groups in total. The van der Waals surface area contributed by atoms with Gasteiger partial charge in [-0.15, -0.1) is 0 Å². The third-order valence-electron chi connectivity index (χ3n) is 5.25. The Balaban J connectivity index is 1.81. The van der Waals surface area contributed by atoms with E-state index >= 15 is 0 Å². The summed E-state index contributed by atoms with van der Waals surface area (Å²) in [5.41, 5.74) is 3.34. The molecule has 0 aliphatic carbocycles. The molecule has 2 aromatic rings. The number of ether oxygens (including phenoxy) is 1. The summed E-state index contributed by atoms with van der Waals surface area (Å²) in [5.74, 6) is 0.00773. The third-order valence-corrected chi connectivity index (χ3v) is 5.25. The highest BCUT2D eigenvalue weighted by Gasteiger charge is 2.44. The second-order valence-electron chi connectivity index (χ2n) is 7.88. The van der Waals surface area contributed by atoms with Crippen molar-refractivity contribution in [2.75, 3.05) is 6.61 Å². The standard InChI is InChI=1S/C20H27N3O3/c1-14-7-5-6-8-16(14)20(9-10-25-19(3,4)13-20)11-18(24)21-12-17-15(2)22-26-23-17/h5-8H,9-13H2,1-4H3,(H,21,24)/t20-/m1/s1. The van der Waals surface area contributed by atoms with Crippen molar-refractivity contribution < 1.29 is 14.2 Å². The lowest BCUT2D eigenvalue weighted by atomic mass is 9.66. The van der Waals surface area contributed by atoms with Crippen LogP contribution in [-0.4, -0.2) is 28.4 Å². The average Bonchev–Trinajstić information content (AvgIpc) is 2.97. The Morgan fingerprint density at radius 3 is 2.65 bits per heavy atom. The van der Waals surface area contributed by atoms with Gasteiger partial charge in [0.1, 0.15) is 11.4 Å². The van der Waals surface area contributed by atoms with Crippen molar-refractivity contribution in [3.05, 3.63) is 46.8 Å². The molecule has 3 rings (SSSR count). The van der Waals surface area contributed by atoms with E-state index in [1.807, 2.05) is 13.0 Å². The number of aryl methyl sites for hydroxylation is 2. The van der Waals surface area contributed by atoms with Gasteiger partial charge in [0.15, 0.2) is 0 Å². The molecule has 1 aromatic carbocycles. The molecule has 1 amide bonds. The van der Waals surface area contributed by atoms with Crippen molar-refractivity contribution in [3.8, 4) is 0 Å². The lowest BCUT2D eigenvalue weighted by Crippen LogP contribution is -2.46. The van der Waals surface area contributed by atoms with Crippen molar-refractivity contribution in [3.63, 3.8) is 0 Å². The van der Waals surface area contributed by atoms with Gasteiger partial charge in [-0.3, -0.25) is 4.79 Å². The Labute approximate surface area is 154 Å². The zero-order chi connectivity index (χ0) is 18.8. The van der Waals surface area contributed by atoms with E-state index in [4.69, 9.17) is 9.37 Å². The molecule has 1 aromatic heterocycles. The normalized spacial score (nSPS) is 22.2. The summed E-state index contributed by atoms with van der Waals surface area (Å²) >= 11 is 0. The van der Waals surface area contributed by atoms with Gasteiger partial charge in [-0.1, -0.05) is 34.6 Å². The Morgan fingerprint density at radius 1 is 1.23 bits per heavy atom.